The molecule has 0 saturated carbocycles. The van der Waals surface area contributed by atoms with E-state index in [1.165, 1.54) is 30.4 Å². The molecule has 0 radical (unpaired) electrons. The Hall–Kier alpha value is -0.780. The molecule has 0 aliphatic carbocycles. The zero-order chi connectivity index (χ0) is 14.1. The van der Waals surface area contributed by atoms with E-state index in [4.69, 9.17) is 0 Å². The van der Waals surface area contributed by atoms with Crippen molar-refractivity contribution in [1.82, 2.24) is 0 Å². The van der Waals surface area contributed by atoms with E-state index >= 15 is 0 Å². The van der Waals surface area contributed by atoms with E-state index in [0.29, 0.717) is 0 Å². The molecule has 0 aromatic heterocycles. The van der Waals surface area contributed by atoms with Gasteiger partial charge in [0.2, 0.25) is 0 Å². The van der Waals surface area contributed by atoms with Crippen LogP contribution in [-0.2, 0) is 0 Å². The summed E-state index contributed by atoms with van der Waals surface area (Å²) < 4.78 is 0. The number of rotatable bonds is 5. The third-order valence-corrected chi connectivity index (χ3v) is 1.98. The molecule has 0 bridgehead atoms. The highest BCUT2D eigenvalue weighted by Gasteiger charge is 1.98. The van der Waals surface area contributed by atoms with Gasteiger partial charge in [-0.2, -0.15) is 0 Å². The van der Waals surface area contributed by atoms with Gasteiger partial charge in [0.1, 0.15) is 0 Å². The van der Waals surface area contributed by atoms with E-state index in [2.05, 4.69) is 53.3 Å². The molecule has 0 heteroatoms. The van der Waals surface area contributed by atoms with Crippen LogP contribution >= 0.6 is 0 Å². The van der Waals surface area contributed by atoms with Crippen LogP contribution in [0.3, 0.4) is 0 Å². The Balaban J connectivity index is -0.000000337. The molecular weight excluding hydrogens is 204 g/mol. The molecule has 0 amide bonds. The minimum atomic E-state index is 1.12. The predicted molar refractivity (Wildman–Crippen MR) is 84.5 cm³/mol. The second-order valence-electron chi connectivity index (χ2n) is 3.55. The molecule has 17 heavy (non-hydrogen) atoms. The second-order valence-corrected chi connectivity index (χ2v) is 3.55. The van der Waals surface area contributed by atoms with Crippen LogP contribution in [0.5, 0.6) is 0 Å². The van der Waals surface area contributed by atoms with Crippen molar-refractivity contribution in [1.29, 1.82) is 0 Å². The molecule has 102 valence electrons. The summed E-state index contributed by atoms with van der Waals surface area (Å²) in [4.78, 5) is 0. The molecule has 0 unspecified atom stereocenters. The van der Waals surface area contributed by atoms with Gasteiger partial charge in [-0.1, -0.05) is 79.2 Å². The molecule has 0 aromatic carbocycles. The van der Waals surface area contributed by atoms with E-state index in [1.807, 2.05) is 19.9 Å². The van der Waals surface area contributed by atoms with Gasteiger partial charge in [0.15, 0.2) is 0 Å². The normalized spacial score (nSPS) is 10.8. The maximum atomic E-state index is 3.73. The molecule has 0 spiro atoms. The Morgan fingerprint density at radius 1 is 1.00 bits per heavy atom. The minimum Gasteiger partial charge on any atom is -0.0991 e. The molecule has 0 fully saturated rings. The van der Waals surface area contributed by atoms with Crippen molar-refractivity contribution < 1.29 is 0 Å². The van der Waals surface area contributed by atoms with Crippen LogP contribution in [0.2, 0.25) is 0 Å². The maximum Gasteiger partial charge on any atom is -0.0279 e. The summed E-state index contributed by atoms with van der Waals surface area (Å²) in [6, 6.07) is 0. The molecule has 0 aliphatic rings. The molecule has 0 rings (SSSR count). The lowest BCUT2D eigenvalue weighted by Crippen LogP contribution is -1.87. The van der Waals surface area contributed by atoms with Crippen LogP contribution in [0.25, 0.3) is 0 Å². The second kappa shape index (κ2) is 20.6. The first-order valence-corrected chi connectivity index (χ1v) is 7.18. The Bertz CT molecular complexity index is 194. The molecular formula is C17H34. The van der Waals surface area contributed by atoms with Crippen LogP contribution in [-0.4, -0.2) is 0 Å². The summed E-state index contributed by atoms with van der Waals surface area (Å²) in [6.45, 7) is 18.5. The monoisotopic (exact) mass is 238 g/mol. The molecule has 0 atom stereocenters. The summed E-state index contributed by atoms with van der Waals surface area (Å²) >= 11 is 0. The van der Waals surface area contributed by atoms with Gasteiger partial charge in [-0.3, -0.25) is 0 Å². The van der Waals surface area contributed by atoms with Gasteiger partial charge in [0.05, 0.1) is 0 Å². The highest BCUT2D eigenvalue weighted by molar-refractivity contribution is 5.32. The van der Waals surface area contributed by atoms with Gasteiger partial charge in [-0.25, -0.2) is 0 Å². The largest absolute Gasteiger partial charge is 0.0991 e. The summed E-state index contributed by atoms with van der Waals surface area (Å²) in [6.07, 6.45) is 10.9. The molecule has 0 heterocycles. The van der Waals surface area contributed by atoms with E-state index in [0.717, 1.165) is 6.42 Å². The van der Waals surface area contributed by atoms with Gasteiger partial charge in [-0.05, 0) is 30.9 Å². The zero-order valence-corrected chi connectivity index (χ0v) is 13.3. The summed E-state index contributed by atoms with van der Waals surface area (Å²) in [5.41, 5.74) is 2.90. The Morgan fingerprint density at radius 2 is 1.47 bits per heavy atom. The lowest BCUT2D eigenvalue weighted by molar-refractivity contribution is 0.893. The predicted octanol–water partition coefficient (Wildman–Crippen LogP) is 6.70. The van der Waals surface area contributed by atoms with E-state index in [1.54, 1.807) is 0 Å². The van der Waals surface area contributed by atoms with Crippen LogP contribution in [0.4, 0.5) is 0 Å². The minimum absolute atomic E-state index is 1.12. The molecule has 0 nitrogen and oxygen atoms in total. The van der Waals surface area contributed by atoms with E-state index in [9.17, 15) is 0 Å². The van der Waals surface area contributed by atoms with Crippen molar-refractivity contribution in [3.05, 3.63) is 36.0 Å². The van der Waals surface area contributed by atoms with Crippen molar-refractivity contribution >= 4 is 0 Å². The van der Waals surface area contributed by atoms with Crippen LogP contribution in [0, 0.1) is 0 Å². The zero-order valence-electron chi connectivity index (χ0n) is 13.3. The SMILES string of the molecule is C=C/C=C(CCC)\C(=C/C)CC.CC.CCC. The number of hydrogen-bond donors (Lipinski definition) is 0. The van der Waals surface area contributed by atoms with Crippen LogP contribution in [0.1, 0.15) is 74.1 Å². The lowest BCUT2D eigenvalue weighted by atomic mass is 9.99. The lowest BCUT2D eigenvalue weighted by Gasteiger charge is -2.07. The highest BCUT2D eigenvalue weighted by Crippen LogP contribution is 2.18. The Morgan fingerprint density at radius 3 is 1.71 bits per heavy atom. The summed E-state index contributed by atoms with van der Waals surface area (Å²) in [5.74, 6) is 0. The van der Waals surface area contributed by atoms with E-state index in [-0.39, 0.29) is 0 Å². The summed E-state index contributed by atoms with van der Waals surface area (Å²) in [5, 5.41) is 0. The highest BCUT2D eigenvalue weighted by atomic mass is 14.0. The average molecular weight is 238 g/mol. The number of hydrogen-bond acceptors (Lipinski definition) is 0. The third kappa shape index (κ3) is 15.2. The van der Waals surface area contributed by atoms with Crippen LogP contribution < -0.4 is 0 Å². The Labute approximate surface area is 111 Å². The van der Waals surface area contributed by atoms with Crippen molar-refractivity contribution in [3.8, 4) is 0 Å². The van der Waals surface area contributed by atoms with Crippen LogP contribution in [0.15, 0.2) is 36.0 Å². The van der Waals surface area contributed by atoms with Gasteiger partial charge in [-0.15, -0.1) is 0 Å². The quantitative estimate of drug-likeness (QED) is 0.468. The smallest absolute Gasteiger partial charge is 0.0279 e. The molecule has 0 saturated heterocycles. The third-order valence-electron chi connectivity index (χ3n) is 1.98. The Kier molecular flexibility index (Phi) is 26.1. The fourth-order valence-corrected chi connectivity index (χ4v) is 1.38. The summed E-state index contributed by atoms with van der Waals surface area (Å²) in [7, 11) is 0. The maximum absolute atomic E-state index is 3.73. The molecule has 0 aliphatic heterocycles. The molecule has 0 aromatic rings. The first kappa shape index (κ1) is 21.5. The standard InChI is InChI=1S/C12H20.C3H8.C2H6/c1-5-9-12(10-6-2)11(7-3)8-4;1-3-2;1-2/h5,7,9H,1,6,8,10H2,2-4H3;3H2,1-2H3;1-2H3/b11-7-,12-9-;;. The van der Waals surface area contributed by atoms with Crippen molar-refractivity contribution in [3.63, 3.8) is 0 Å². The first-order chi connectivity index (χ1) is 8.21. The van der Waals surface area contributed by atoms with Crippen molar-refractivity contribution in [2.24, 2.45) is 0 Å². The fraction of sp³-hybridized carbons (Fsp3) is 0.647. The number of allylic oxidation sites excluding steroid dienone is 5. The van der Waals surface area contributed by atoms with Crippen molar-refractivity contribution in [2.75, 3.05) is 0 Å². The van der Waals surface area contributed by atoms with Gasteiger partial charge >= 0.3 is 0 Å². The van der Waals surface area contributed by atoms with Gasteiger partial charge in [0, 0.05) is 0 Å². The van der Waals surface area contributed by atoms with Gasteiger partial charge in [0.25, 0.3) is 0 Å². The van der Waals surface area contributed by atoms with E-state index < -0.39 is 0 Å². The molecule has 0 N–H and O–H groups in total. The van der Waals surface area contributed by atoms with Gasteiger partial charge < -0.3 is 0 Å². The first-order valence-electron chi connectivity index (χ1n) is 7.18. The van der Waals surface area contributed by atoms with Crippen molar-refractivity contribution in [2.45, 2.75) is 74.1 Å². The fourth-order valence-electron chi connectivity index (χ4n) is 1.38. The average Bonchev–Trinajstić information content (AvgIpc) is 2.35. The topological polar surface area (TPSA) is 0 Å².